The van der Waals surface area contributed by atoms with Crippen molar-refractivity contribution in [1.29, 1.82) is 5.26 Å². The van der Waals surface area contributed by atoms with E-state index in [1.54, 1.807) is 5.01 Å². The molecule has 1 atom stereocenters. The molecule has 1 aliphatic heterocycles. The SMILES string of the molecule is CN(C)N1C(N)=C(C#N)C(c2ccc(OCc3ccccc3Cl)cc2)C2=C1CCCC2=O. The first-order valence-electron chi connectivity index (χ1n) is 10.5. The molecule has 2 aromatic carbocycles. The van der Waals surface area contributed by atoms with Gasteiger partial charge in [0.25, 0.3) is 0 Å². The topological polar surface area (TPSA) is 82.6 Å². The first kappa shape index (κ1) is 21.9. The van der Waals surface area contributed by atoms with Crippen LogP contribution in [0.4, 0.5) is 0 Å². The van der Waals surface area contributed by atoms with Crippen molar-refractivity contribution < 1.29 is 9.53 Å². The van der Waals surface area contributed by atoms with Crippen LogP contribution >= 0.6 is 11.6 Å². The maximum atomic E-state index is 13.0. The zero-order valence-electron chi connectivity index (χ0n) is 18.1. The number of ketones is 1. The van der Waals surface area contributed by atoms with E-state index < -0.39 is 5.92 Å². The molecule has 0 amide bonds. The first-order valence-corrected chi connectivity index (χ1v) is 10.9. The van der Waals surface area contributed by atoms with E-state index in [4.69, 9.17) is 22.1 Å². The molecule has 2 aliphatic rings. The number of nitrogens with two attached hydrogens (primary N) is 1. The van der Waals surface area contributed by atoms with Crippen LogP contribution in [0.2, 0.25) is 5.02 Å². The van der Waals surface area contributed by atoms with E-state index in [-0.39, 0.29) is 5.78 Å². The minimum absolute atomic E-state index is 0.0717. The monoisotopic (exact) mass is 448 g/mol. The highest BCUT2D eigenvalue weighted by Crippen LogP contribution is 2.45. The van der Waals surface area contributed by atoms with Crippen LogP contribution in [-0.2, 0) is 11.4 Å². The van der Waals surface area contributed by atoms with E-state index in [0.717, 1.165) is 29.7 Å². The van der Waals surface area contributed by atoms with Gasteiger partial charge in [-0.05, 0) is 36.6 Å². The molecule has 6 nitrogen and oxygen atoms in total. The second kappa shape index (κ2) is 9.07. The molecule has 0 spiro atoms. The number of halogens is 1. The number of nitriles is 1. The fraction of sp³-hybridized carbons (Fsp3) is 0.280. The smallest absolute Gasteiger partial charge is 0.161 e. The number of carbonyl (C=O) groups is 1. The van der Waals surface area contributed by atoms with Crippen molar-refractivity contribution in [3.05, 3.63) is 87.3 Å². The van der Waals surface area contributed by atoms with Gasteiger partial charge in [0.05, 0.1) is 17.6 Å². The molecule has 0 aromatic heterocycles. The highest BCUT2D eigenvalue weighted by Gasteiger charge is 2.40. The maximum Gasteiger partial charge on any atom is 0.161 e. The Morgan fingerprint density at radius 3 is 2.56 bits per heavy atom. The van der Waals surface area contributed by atoms with Crippen LogP contribution < -0.4 is 10.5 Å². The lowest BCUT2D eigenvalue weighted by Crippen LogP contribution is -2.45. The summed E-state index contributed by atoms with van der Waals surface area (Å²) in [5.74, 6) is 0.646. The molecule has 2 aromatic rings. The molecule has 1 unspecified atom stereocenters. The van der Waals surface area contributed by atoms with Crippen LogP contribution in [0.5, 0.6) is 5.75 Å². The lowest BCUT2D eigenvalue weighted by molar-refractivity contribution is -0.116. The molecule has 4 rings (SSSR count). The summed E-state index contributed by atoms with van der Waals surface area (Å²) >= 11 is 6.20. The fourth-order valence-corrected chi connectivity index (χ4v) is 4.58. The zero-order chi connectivity index (χ0) is 22.8. The van der Waals surface area contributed by atoms with Gasteiger partial charge >= 0.3 is 0 Å². The predicted octanol–water partition coefficient (Wildman–Crippen LogP) is 4.50. The minimum atomic E-state index is -0.475. The average Bonchev–Trinajstić information content (AvgIpc) is 2.78. The van der Waals surface area contributed by atoms with Crippen LogP contribution in [0.25, 0.3) is 0 Å². The number of benzene rings is 2. The van der Waals surface area contributed by atoms with E-state index in [1.807, 2.05) is 67.6 Å². The van der Waals surface area contributed by atoms with Gasteiger partial charge in [-0.25, -0.2) is 5.01 Å². The molecule has 1 aliphatic carbocycles. The summed E-state index contributed by atoms with van der Waals surface area (Å²) in [5, 5.41) is 14.2. The Morgan fingerprint density at radius 1 is 1.19 bits per heavy atom. The van der Waals surface area contributed by atoms with E-state index in [0.29, 0.717) is 40.8 Å². The molecule has 0 saturated carbocycles. The largest absolute Gasteiger partial charge is 0.489 e. The standard InChI is InChI=1S/C25H25ClN4O2/c1-29(2)30-21-8-5-9-22(31)24(21)23(19(14-27)25(30)28)16-10-12-18(13-11-16)32-15-17-6-3-4-7-20(17)26/h3-4,6-7,10-13,23H,5,8-9,15,28H2,1-2H3. The summed E-state index contributed by atoms with van der Waals surface area (Å²) in [6.45, 7) is 0.352. The third-order valence-electron chi connectivity index (χ3n) is 5.85. The number of hydrogen-bond donors (Lipinski definition) is 1. The van der Waals surface area contributed by atoms with Crippen molar-refractivity contribution in [3.63, 3.8) is 0 Å². The van der Waals surface area contributed by atoms with Gasteiger partial charge in [-0.2, -0.15) is 5.26 Å². The number of carbonyl (C=O) groups excluding carboxylic acids is 1. The predicted molar refractivity (Wildman–Crippen MR) is 123 cm³/mol. The quantitative estimate of drug-likeness (QED) is 0.725. The van der Waals surface area contributed by atoms with E-state index >= 15 is 0 Å². The average molecular weight is 449 g/mol. The van der Waals surface area contributed by atoms with Crippen molar-refractivity contribution in [1.82, 2.24) is 10.0 Å². The molecule has 0 radical (unpaired) electrons. The third kappa shape index (κ3) is 3.97. The van der Waals surface area contributed by atoms with Crippen molar-refractivity contribution >= 4 is 17.4 Å². The van der Waals surface area contributed by atoms with Gasteiger partial charge in [-0.1, -0.05) is 41.9 Å². The Hall–Kier alpha value is -3.27. The second-order valence-corrected chi connectivity index (χ2v) is 8.50. The molecular formula is C25H25ClN4O2. The minimum Gasteiger partial charge on any atom is -0.489 e. The number of ether oxygens (including phenoxy) is 1. The molecule has 0 saturated heterocycles. The summed E-state index contributed by atoms with van der Waals surface area (Å²) in [6, 6.07) is 17.3. The molecule has 1 heterocycles. The highest BCUT2D eigenvalue weighted by atomic mass is 35.5. The van der Waals surface area contributed by atoms with Crippen molar-refractivity contribution in [2.75, 3.05) is 14.1 Å². The maximum absolute atomic E-state index is 13.0. The van der Waals surface area contributed by atoms with Gasteiger partial charge in [0.15, 0.2) is 5.78 Å². The Labute approximate surface area is 193 Å². The highest BCUT2D eigenvalue weighted by molar-refractivity contribution is 6.31. The first-order chi connectivity index (χ1) is 15.4. The van der Waals surface area contributed by atoms with Gasteiger partial charge < -0.3 is 10.5 Å². The Balaban J connectivity index is 1.67. The zero-order valence-corrected chi connectivity index (χ0v) is 18.9. The molecular weight excluding hydrogens is 424 g/mol. The molecule has 0 bridgehead atoms. The number of Topliss-reactive ketones (excluding diaryl/α,β-unsaturated/α-hetero) is 1. The molecule has 32 heavy (non-hydrogen) atoms. The van der Waals surface area contributed by atoms with E-state index in [2.05, 4.69) is 6.07 Å². The Kier molecular flexibility index (Phi) is 6.22. The summed E-state index contributed by atoms with van der Waals surface area (Å²) in [6.07, 6.45) is 2.00. The van der Waals surface area contributed by atoms with Crippen molar-refractivity contribution in [2.24, 2.45) is 5.73 Å². The number of allylic oxidation sites excluding steroid dienone is 3. The number of hydrogen-bond acceptors (Lipinski definition) is 6. The summed E-state index contributed by atoms with van der Waals surface area (Å²) in [4.78, 5) is 13.0. The number of hydrazine groups is 1. The molecule has 0 fully saturated rings. The van der Waals surface area contributed by atoms with Gasteiger partial charge in [0, 0.05) is 42.4 Å². The van der Waals surface area contributed by atoms with E-state index in [9.17, 15) is 10.1 Å². The Bertz CT molecular complexity index is 1150. The van der Waals surface area contributed by atoms with Crippen molar-refractivity contribution in [3.8, 4) is 11.8 Å². The number of rotatable bonds is 5. The van der Waals surface area contributed by atoms with Gasteiger partial charge in [0.2, 0.25) is 0 Å². The van der Waals surface area contributed by atoms with Gasteiger partial charge in [-0.3, -0.25) is 9.80 Å². The van der Waals surface area contributed by atoms with Crippen molar-refractivity contribution in [2.45, 2.75) is 31.8 Å². The van der Waals surface area contributed by atoms with Gasteiger partial charge in [-0.15, -0.1) is 0 Å². The number of nitrogens with zero attached hydrogens (tertiary/aromatic N) is 3. The van der Waals surface area contributed by atoms with E-state index in [1.165, 1.54) is 0 Å². The molecule has 164 valence electrons. The lowest BCUT2D eigenvalue weighted by Gasteiger charge is -2.42. The summed E-state index contributed by atoms with van der Waals surface area (Å²) in [5.41, 5.74) is 10.1. The summed E-state index contributed by atoms with van der Waals surface area (Å²) < 4.78 is 5.89. The van der Waals surface area contributed by atoms with Gasteiger partial charge in [0.1, 0.15) is 18.2 Å². The second-order valence-electron chi connectivity index (χ2n) is 8.09. The Morgan fingerprint density at radius 2 is 1.91 bits per heavy atom. The van der Waals surface area contributed by atoms with Crippen LogP contribution in [0.1, 0.15) is 36.3 Å². The van der Waals surface area contributed by atoms with Crippen LogP contribution in [-0.4, -0.2) is 29.9 Å². The van der Waals surface area contributed by atoms with Crippen LogP contribution in [0, 0.1) is 11.3 Å². The fourth-order valence-electron chi connectivity index (χ4n) is 4.39. The lowest BCUT2D eigenvalue weighted by atomic mass is 9.76. The molecule has 2 N–H and O–H groups in total. The van der Waals surface area contributed by atoms with Crippen LogP contribution in [0.3, 0.4) is 0 Å². The third-order valence-corrected chi connectivity index (χ3v) is 6.22. The summed E-state index contributed by atoms with van der Waals surface area (Å²) in [7, 11) is 3.72. The molecule has 7 heteroatoms. The normalized spacial score (nSPS) is 18.7. The van der Waals surface area contributed by atoms with Crippen LogP contribution in [0.15, 0.2) is 71.2 Å².